The van der Waals surface area contributed by atoms with Crippen LogP contribution < -0.4 is 5.32 Å². The summed E-state index contributed by atoms with van der Waals surface area (Å²) in [6.07, 6.45) is -0.909. The number of aryl methyl sites for hydroxylation is 1. The fourth-order valence-corrected chi connectivity index (χ4v) is 4.01. The van der Waals surface area contributed by atoms with Crippen molar-refractivity contribution in [1.82, 2.24) is 10.3 Å². The van der Waals surface area contributed by atoms with E-state index in [-0.39, 0.29) is 10.7 Å². The second kappa shape index (κ2) is 8.18. The van der Waals surface area contributed by atoms with E-state index in [9.17, 15) is 28.5 Å². The third kappa shape index (κ3) is 4.92. The molecule has 1 unspecified atom stereocenters. The Kier molecular flexibility index (Phi) is 6.38. The summed E-state index contributed by atoms with van der Waals surface area (Å²) in [7, 11) is 0. The van der Waals surface area contributed by atoms with Gasteiger partial charge in [-0.25, -0.2) is 4.98 Å². The summed E-state index contributed by atoms with van der Waals surface area (Å²) >= 11 is 0.790. The molecule has 0 bridgehead atoms. The van der Waals surface area contributed by atoms with E-state index < -0.39 is 34.0 Å². The fourth-order valence-electron chi connectivity index (χ4n) is 3.04. The first-order chi connectivity index (χ1) is 12.6. The van der Waals surface area contributed by atoms with Gasteiger partial charge >= 0.3 is 6.18 Å². The van der Waals surface area contributed by atoms with Crippen LogP contribution in [0.5, 0.6) is 0 Å². The Morgan fingerprint density at radius 3 is 2.48 bits per heavy atom. The van der Waals surface area contributed by atoms with Crippen LogP contribution in [0, 0.1) is 29.6 Å². The normalized spacial score (nSPS) is 17.4. The maximum absolute atomic E-state index is 13.2. The molecule has 0 aliphatic heterocycles. The zero-order valence-corrected chi connectivity index (χ0v) is 15.8. The predicted octanol–water partition coefficient (Wildman–Crippen LogP) is 4.10. The van der Waals surface area contributed by atoms with Crippen molar-refractivity contribution in [3.8, 4) is 12.1 Å². The Bertz CT molecular complexity index is 805. The van der Waals surface area contributed by atoms with E-state index >= 15 is 0 Å². The van der Waals surface area contributed by atoms with Gasteiger partial charge in [-0.2, -0.15) is 23.7 Å². The highest BCUT2D eigenvalue weighted by atomic mass is 32.2. The van der Waals surface area contributed by atoms with Crippen molar-refractivity contribution in [3.05, 3.63) is 22.9 Å². The van der Waals surface area contributed by atoms with Gasteiger partial charge in [0.05, 0.1) is 22.4 Å². The van der Waals surface area contributed by atoms with Crippen molar-refractivity contribution >= 4 is 17.7 Å². The van der Waals surface area contributed by atoms with Crippen LogP contribution in [0.25, 0.3) is 0 Å². The predicted molar refractivity (Wildman–Crippen MR) is 93.6 cm³/mol. The number of aromatic nitrogens is 1. The largest absolute Gasteiger partial charge is 0.417 e. The van der Waals surface area contributed by atoms with Gasteiger partial charge in [0.15, 0.2) is 0 Å². The number of nitriles is 2. The van der Waals surface area contributed by atoms with Crippen molar-refractivity contribution in [3.63, 3.8) is 0 Å². The van der Waals surface area contributed by atoms with E-state index in [4.69, 9.17) is 0 Å². The van der Waals surface area contributed by atoms with E-state index in [1.54, 1.807) is 6.07 Å². The molecule has 5 nitrogen and oxygen atoms in total. The lowest BCUT2D eigenvalue weighted by atomic mass is 9.83. The molecule has 144 valence electrons. The molecule has 1 aliphatic carbocycles. The van der Waals surface area contributed by atoms with Gasteiger partial charge in [-0.05, 0) is 32.8 Å². The van der Waals surface area contributed by atoms with Gasteiger partial charge in [0.2, 0.25) is 5.91 Å². The number of nitrogens with zero attached hydrogens (tertiary/aromatic N) is 3. The fraction of sp³-hybridized carbons (Fsp3) is 0.556. The third-order valence-corrected chi connectivity index (χ3v) is 5.56. The van der Waals surface area contributed by atoms with Crippen LogP contribution in [-0.2, 0) is 11.0 Å². The molecule has 1 aromatic rings. The van der Waals surface area contributed by atoms with Crippen LogP contribution >= 0.6 is 11.8 Å². The topological polar surface area (TPSA) is 89.6 Å². The smallest absolute Gasteiger partial charge is 0.337 e. The van der Waals surface area contributed by atoms with E-state index in [1.807, 2.05) is 0 Å². The standard InChI is InChI=1S/C18H19F3N4OS/c1-11-8-14(18(19,20)21)13(9-22)16(24-11)27-12(2)15(26)25-17(10-23)6-4-3-5-7-17/h8,12H,3-7H2,1-2H3,(H,25,26). The highest BCUT2D eigenvalue weighted by molar-refractivity contribution is 8.00. The number of hydrogen-bond donors (Lipinski definition) is 1. The average molecular weight is 396 g/mol. The average Bonchev–Trinajstić information content (AvgIpc) is 2.61. The van der Waals surface area contributed by atoms with Crippen LogP contribution in [-0.4, -0.2) is 21.7 Å². The first-order valence-electron chi connectivity index (χ1n) is 8.51. The molecule has 1 amide bonds. The second-order valence-corrected chi connectivity index (χ2v) is 7.93. The molecule has 1 saturated carbocycles. The zero-order chi connectivity index (χ0) is 20.2. The summed E-state index contributed by atoms with van der Waals surface area (Å²) in [5.74, 6) is -0.454. The minimum atomic E-state index is -4.69. The lowest BCUT2D eigenvalue weighted by Gasteiger charge is -2.32. The summed E-state index contributed by atoms with van der Waals surface area (Å²) in [5.41, 5.74) is -2.48. The lowest BCUT2D eigenvalue weighted by molar-refractivity contribution is -0.138. The molecule has 1 aliphatic rings. The Hall–Kier alpha value is -2.26. The number of nitrogens with one attached hydrogen (secondary N) is 1. The number of thioether (sulfide) groups is 1. The van der Waals surface area contributed by atoms with Crippen molar-refractivity contribution in [2.45, 2.75) is 67.9 Å². The van der Waals surface area contributed by atoms with Crippen LogP contribution in [0.2, 0.25) is 0 Å². The summed E-state index contributed by atoms with van der Waals surface area (Å²) in [6.45, 7) is 2.92. The van der Waals surface area contributed by atoms with Gasteiger partial charge < -0.3 is 5.32 Å². The summed E-state index contributed by atoms with van der Waals surface area (Å²) in [6, 6.07) is 4.54. The quantitative estimate of drug-likeness (QED) is 0.774. The minimum Gasteiger partial charge on any atom is -0.337 e. The van der Waals surface area contributed by atoms with Gasteiger partial charge in [-0.1, -0.05) is 31.0 Å². The molecule has 1 heterocycles. The molecule has 0 radical (unpaired) electrons. The van der Waals surface area contributed by atoms with Crippen molar-refractivity contribution in [1.29, 1.82) is 10.5 Å². The second-order valence-electron chi connectivity index (χ2n) is 6.60. The van der Waals surface area contributed by atoms with E-state index in [0.717, 1.165) is 37.1 Å². The van der Waals surface area contributed by atoms with Crippen molar-refractivity contribution < 1.29 is 18.0 Å². The molecule has 0 aromatic carbocycles. The highest BCUT2D eigenvalue weighted by Crippen LogP contribution is 2.37. The number of rotatable bonds is 4. The molecule has 9 heteroatoms. The number of carbonyl (C=O) groups excluding carboxylic acids is 1. The molecular formula is C18H19F3N4OS. The number of amides is 1. The Balaban J connectivity index is 2.24. The van der Waals surface area contributed by atoms with Crippen LogP contribution in [0.4, 0.5) is 13.2 Å². The summed E-state index contributed by atoms with van der Waals surface area (Å²) in [4.78, 5) is 16.6. The maximum atomic E-state index is 13.2. The number of pyridine rings is 1. The molecule has 27 heavy (non-hydrogen) atoms. The van der Waals surface area contributed by atoms with E-state index in [0.29, 0.717) is 12.8 Å². The highest BCUT2D eigenvalue weighted by Gasteiger charge is 2.37. The minimum absolute atomic E-state index is 0.109. The lowest BCUT2D eigenvalue weighted by Crippen LogP contribution is -2.50. The number of halogens is 3. The first-order valence-corrected chi connectivity index (χ1v) is 9.39. The Labute approximate surface area is 160 Å². The molecular weight excluding hydrogens is 377 g/mol. The van der Waals surface area contributed by atoms with Gasteiger partial charge in [0.1, 0.15) is 16.6 Å². The van der Waals surface area contributed by atoms with Crippen LogP contribution in [0.15, 0.2) is 11.1 Å². The van der Waals surface area contributed by atoms with Gasteiger partial charge in [0, 0.05) is 5.69 Å². The maximum Gasteiger partial charge on any atom is 0.417 e. The van der Waals surface area contributed by atoms with Gasteiger partial charge in [0.25, 0.3) is 0 Å². The van der Waals surface area contributed by atoms with Crippen LogP contribution in [0.1, 0.15) is 55.8 Å². The number of hydrogen-bond acceptors (Lipinski definition) is 5. The molecule has 1 fully saturated rings. The SMILES string of the molecule is Cc1cc(C(F)(F)F)c(C#N)c(SC(C)C(=O)NC2(C#N)CCCCC2)n1. The first kappa shape index (κ1) is 21.0. The molecule has 1 N–H and O–H groups in total. The van der Waals surface area contributed by atoms with Gasteiger partial charge in [-0.15, -0.1) is 0 Å². The summed E-state index contributed by atoms with van der Waals surface area (Å²) in [5, 5.41) is 20.5. The van der Waals surface area contributed by atoms with Gasteiger partial charge in [-0.3, -0.25) is 4.79 Å². The van der Waals surface area contributed by atoms with Crippen molar-refractivity contribution in [2.75, 3.05) is 0 Å². The summed E-state index contributed by atoms with van der Waals surface area (Å²) < 4.78 is 39.6. The van der Waals surface area contributed by atoms with E-state index in [2.05, 4.69) is 16.4 Å². The Morgan fingerprint density at radius 2 is 1.96 bits per heavy atom. The third-order valence-electron chi connectivity index (χ3n) is 4.47. The molecule has 0 spiro atoms. The van der Waals surface area contributed by atoms with Crippen LogP contribution in [0.3, 0.4) is 0 Å². The van der Waals surface area contributed by atoms with E-state index in [1.165, 1.54) is 13.8 Å². The molecule has 1 aromatic heterocycles. The van der Waals surface area contributed by atoms with Crippen molar-refractivity contribution in [2.24, 2.45) is 0 Å². The number of carbonyl (C=O) groups is 1. The molecule has 2 rings (SSSR count). The zero-order valence-electron chi connectivity index (χ0n) is 15.0. The molecule has 1 atom stereocenters. The number of alkyl halides is 3. The monoisotopic (exact) mass is 396 g/mol. The molecule has 0 saturated heterocycles. The Morgan fingerprint density at radius 1 is 1.33 bits per heavy atom.